The molecule has 8 heteroatoms. The van der Waals surface area contributed by atoms with Crippen LogP contribution in [0.4, 0.5) is 0 Å². The van der Waals surface area contributed by atoms with E-state index in [1.54, 1.807) is 28.4 Å². The highest BCUT2D eigenvalue weighted by Crippen LogP contribution is 2.62. The number of hydrogen-bond acceptors (Lipinski definition) is 8. The summed E-state index contributed by atoms with van der Waals surface area (Å²) >= 11 is 0. The van der Waals surface area contributed by atoms with Crippen LogP contribution < -0.4 is 18.9 Å². The third-order valence-corrected chi connectivity index (χ3v) is 11.4. The molecule has 52 heavy (non-hydrogen) atoms. The highest BCUT2D eigenvalue weighted by Gasteiger charge is 2.71. The van der Waals surface area contributed by atoms with Crippen molar-refractivity contribution in [2.75, 3.05) is 56.6 Å². The topological polar surface area (TPSA) is 49.9 Å². The average molecular weight is 703 g/mol. The highest BCUT2D eigenvalue weighted by molar-refractivity contribution is 5.97. The van der Waals surface area contributed by atoms with Crippen LogP contribution in [0.5, 0.6) is 23.0 Å². The molecular weight excluding hydrogens is 649 g/mol. The lowest BCUT2D eigenvalue weighted by molar-refractivity contribution is -0.171. The SMILES string of the molecule is COc1ccc(C2=C(c3ccc(OC)cc3)N(C)C(C(C)C)(C3(C(C)C)N(C)C(c4ccccc4OC)=C(c4ccccc4OC)N3C)N2C)cc1. The van der Waals surface area contributed by atoms with E-state index in [2.05, 4.69) is 124 Å². The molecule has 0 aliphatic carbocycles. The van der Waals surface area contributed by atoms with Gasteiger partial charge in [0.1, 0.15) is 23.0 Å². The zero-order chi connectivity index (χ0) is 37.5. The van der Waals surface area contributed by atoms with Gasteiger partial charge in [-0.05, 0) is 84.6 Å². The van der Waals surface area contributed by atoms with Gasteiger partial charge < -0.3 is 38.5 Å². The van der Waals surface area contributed by atoms with E-state index in [9.17, 15) is 0 Å². The van der Waals surface area contributed by atoms with Gasteiger partial charge in [-0.1, -0.05) is 52.0 Å². The summed E-state index contributed by atoms with van der Waals surface area (Å²) in [6.07, 6.45) is 0. The summed E-state index contributed by atoms with van der Waals surface area (Å²) in [4.78, 5) is 10.1. The Labute approximate surface area is 310 Å². The summed E-state index contributed by atoms with van der Waals surface area (Å²) in [6, 6.07) is 33.5. The van der Waals surface area contributed by atoms with E-state index in [-0.39, 0.29) is 11.8 Å². The van der Waals surface area contributed by atoms with Crippen LogP contribution in [0.25, 0.3) is 22.8 Å². The number of nitrogens with zero attached hydrogens (tertiary/aromatic N) is 4. The summed E-state index contributed by atoms with van der Waals surface area (Å²) in [5, 5.41) is 0. The molecule has 0 saturated carbocycles. The monoisotopic (exact) mass is 702 g/mol. The molecule has 4 aromatic rings. The minimum absolute atomic E-state index is 0.0963. The fourth-order valence-corrected chi connectivity index (χ4v) is 9.61. The van der Waals surface area contributed by atoms with Gasteiger partial charge in [0.15, 0.2) is 11.3 Å². The Bertz CT molecular complexity index is 1840. The van der Waals surface area contributed by atoms with Crippen molar-refractivity contribution in [2.45, 2.75) is 39.0 Å². The van der Waals surface area contributed by atoms with Gasteiger partial charge in [-0.25, -0.2) is 0 Å². The first-order valence-electron chi connectivity index (χ1n) is 18.0. The molecule has 0 fully saturated rings. The minimum atomic E-state index is -0.664. The number of ether oxygens (including phenoxy) is 4. The predicted molar refractivity (Wildman–Crippen MR) is 212 cm³/mol. The molecule has 4 aromatic carbocycles. The van der Waals surface area contributed by atoms with Crippen LogP contribution >= 0.6 is 0 Å². The van der Waals surface area contributed by atoms with Gasteiger partial charge in [0.2, 0.25) is 0 Å². The van der Waals surface area contributed by atoms with Crippen molar-refractivity contribution in [1.29, 1.82) is 0 Å². The molecule has 0 radical (unpaired) electrons. The Morgan fingerprint density at radius 1 is 0.404 bits per heavy atom. The van der Waals surface area contributed by atoms with Crippen LogP contribution in [0.2, 0.25) is 0 Å². The second-order valence-corrected chi connectivity index (χ2v) is 14.2. The molecule has 0 amide bonds. The fraction of sp³-hybridized carbons (Fsp3) is 0.364. The van der Waals surface area contributed by atoms with Crippen LogP contribution in [-0.2, 0) is 0 Å². The Hall–Kier alpha value is -5.24. The van der Waals surface area contributed by atoms with Crippen LogP contribution in [0.1, 0.15) is 49.9 Å². The Morgan fingerprint density at radius 3 is 1.00 bits per heavy atom. The van der Waals surface area contributed by atoms with E-state index in [1.807, 2.05) is 48.5 Å². The molecule has 2 aliphatic heterocycles. The van der Waals surface area contributed by atoms with E-state index in [1.165, 1.54) is 0 Å². The van der Waals surface area contributed by atoms with Gasteiger partial charge >= 0.3 is 0 Å². The molecule has 0 spiro atoms. The molecule has 2 heterocycles. The van der Waals surface area contributed by atoms with E-state index in [0.717, 1.165) is 68.0 Å². The number of benzene rings is 4. The minimum Gasteiger partial charge on any atom is -0.497 e. The molecule has 0 atom stereocenters. The Morgan fingerprint density at radius 2 is 0.712 bits per heavy atom. The lowest BCUT2D eigenvalue weighted by Crippen LogP contribution is -2.79. The highest BCUT2D eigenvalue weighted by atomic mass is 16.5. The zero-order valence-electron chi connectivity index (χ0n) is 32.8. The van der Waals surface area contributed by atoms with Gasteiger partial charge in [0.05, 0.1) is 51.2 Å². The number of rotatable bonds is 11. The van der Waals surface area contributed by atoms with Crippen LogP contribution in [0.15, 0.2) is 97.1 Å². The predicted octanol–water partition coefficient (Wildman–Crippen LogP) is 8.53. The maximum Gasteiger partial charge on any atom is 0.158 e. The number of likely N-dealkylation sites (N-methyl/N-ethyl adjacent to an activating group) is 4. The molecule has 8 nitrogen and oxygen atoms in total. The zero-order valence-corrected chi connectivity index (χ0v) is 32.8. The first kappa shape index (κ1) is 36.5. The van der Waals surface area contributed by atoms with Gasteiger partial charge in [-0.3, -0.25) is 0 Å². The molecule has 0 unspecified atom stereocenters. The first-order chi connectivity index (χ1) is 25.0. The van der Waals surface area contributed by atoms with Gasteiger partial charge in [-0.2, -0.15) is 0 Å². The average Bonchev–Trinajstić information content (AvgIpc) is 3.54. The molecule has 0 aromatic heterocycles. The van der Waals surface area contributed by atoms with Crippen molar-refractivity contribution in [3.8, 4) is 23.0 Å². The van der Waals surface area contributed by atoms with Crippen molar-refractivity contribution < 1.29 is 18.9 Å². The molecule has 0 N–H and O–H groups in total. The Balaban J connectivity index is 1.70. The third kappa shape index (κ3) is 5.09. The summed E-state index contributed by atoms with van der Waals surface area (Å²) in [6.45, 7) is 9.40. The molecular formula is C44H54N4O4. The summed E-state index contributed by atoms with van der Waals surface area (Å²) < 4.78 is 23.4. The van der Waals surface area contributed by atoms with E-state index in [4.69, 9.17) is 18.9 Å². The molecule has 0 saturated heterocycles. The van der Waals surface area contributed by atoms with E-state index < -0.39 is 11.3 Å². The first-order valence-corrected chi connectivity index (χ1v) is 18.0. The van der Waals surface area contributed by atoms with E-state index >= 15 is 0 Å². The maximum atomic E-state index is 6.08. The summed E-state index contributed by atoms with van der Waals surface area (Å²) in [5.74, 6) is 3.47. The second kappa shape index (κ2) is 14.1. The lowest BCUT2D eigenvalue weighted by atomic mass is 9.72. The van der Waals surface area contributed by atoms with Crippen molar-refractivity contribution in [2.24, 2.45) is 11.8 Å². The van der Waals surface area contributed by atoms with Crippen molar-refractivity contribution in [1.82, 2.24) is 19.6 Å². The Kier molecular flexibility index (Phi) is 9.88. The van der Waals surface area contributed by atoms with Crippen LogP contribution in [-0.4, -0.2) is 87.6 Å². The van der Waals surface area contributed by atoms with Crippen molar-refractivity contribution >= 4 is 22.8 Å². The number of para-hydroxylation sites is 2. The van der Waals surface area contributed by atoms with Gasteiger partial charge in [0.25, 0.3) is 0 Å². The number of hydrogen-bond donors (Lipinski definition) is 0. The third-order valence-electron chi connectivity index (χ3n) is 11.4. The van der Waals surface area contributed by atoms with Crippen molar-refractivity contribution in [3.63, 3.8) is 0 Å². The van der Waals surface area contributed by atoms with Crippen molar-refractivity contribution in [3.05, 3.63) is 119 Å². The molecule has 2 aliphatic rings. The standard InChI is InChI=1S/C44H54N4O4/c1-29(2)43(45(5)39(31-21-25-33(49-9)26-22-31)40(46(43)6)32-23-27-34(50-10)28-24-32)44(30(3)4)47(7)41(35-17-13-15-19-37(35)51-11)42(48(44)8)36-18-14-16-20-38(36)52-12/h13-30H,1-12H3. The van der Waals surface area contributed by atoms with Crippen LogP contribution in [0, 0.1) is 11.8 Å². The second-order valence-electron chi connectivity index (χ2n) is 14.2. The normalized spacial score (nSPS) is 16.8. The smallest absolute Gasteiger partial charge is 0.158 e. The largest absolute Gasteiger partial charge is 0.497 e. The lowest BCUT2D eigenvalue weighted by Gasteiger charge is -2.64. The van der Waals surface area contributed by atoms with Crippen LogP contribution in [0.3, 0.4) is 0 Å². The van der Waals surface area contributed by atoms with E-state index in [0.29, 0.717) is 0 Å². The number of methoxy groups -OCH3 is 4. The summed E-state index contributed by atoms with van der Waals surface area (Å²) in [7, 11) is 16.0. The van der Waals surface area contributed by atoms with Gasteiger partial charge in [0, 0.05) is 50.4 Å². The maximum absolute atomic E-state index is 6.08. The summed E-state index contributed by atoms with van der Waals surface area (Å²) in [5.41, 5.74) is 7.35. The molecule has 6 rings (SSSR count). The molecule has 274 valence electrons. The van der Waals surface area contributed by atoms with Gasteiger partial charge in [-0.15, -0.1) is 0 Å². The fourth-order valence-electron chi connectivity index (χ4n) is 9.61. The quantitative estimate of drug-likeness (QED) is 0.154. The molecule has 0 bridgehead atoms.